The van der Waals surface area contributed by atoms with Gasteiger partial charge < -0.3 is 5.32 Å². The van der Waals surface area contributed by atoms with Gasteiger partial charge >= 0.3 is 0 Å². The van der Waals surface area contributed by atoms with E-state index in [0.29, 0.717) is 11.0 Å². The van der Waals surface area contributed by atoms with Gasteiger partial charge in [0, 0.05) is 5.54 Å². The number of nitrogens with one attached hydrogen (secondary N) is 1. The first-order valence-corrected chi connectivity index (χ1v) is 6.65. The van der Waals surface area contributed by atoms with Crippen molar-refractivity contribution < 1.29 is 0 Å². The van der Waals surface area contributed by atoms with Crippen LogP contribution in [0.3, 0.4) is 0 Å². The van der Waals surface area contributed by atoms with Crippen LogP contribution in [0.5, 0.6) is 0 Å². The Morgan fingerprint density at radius 3 is 2.33 bits per heavy atom. The highest BCUT2D eigenvalue weighted by atomic mass is 15.0. The van der Waals surface area contributed by atoms with Gasteiger partial charge in [0.05, 0.1) is 0 Å². The molecular weight excluding hydrogens is 182 g/mol. The lowest BCUT2D eigenvalue weighted by Gasteiger charge is -2.67. The summed E-state index contributed by atoms with van der Waals surface area (Å²) in [6.07, 6.45) is 5.65. The van der Waals surface area contributed by atoms with Crippen molar-refractivity contribution in [2.45, 2.75) is 58.9 Å². The molecule has 0 amide bonds. The van der Waals surface area contributed by atoms with E-state index in [1.54, 1.807) is 0 Å². The highest BCUT2D eigenvalue weighted by molar-refractivity contribution is 5.14. The molecule has 0 aromatic rings. The zero-order valence-electron chi connectivity index (χ0n) is 11.1. The second-order valence-corrected chi connectivity index (χ2v) is 6.56. The Morgan fingerprint density at radius 2 is 1.87 bits per heavy atom. The smallest absolute Gasteiger partial charge is 0.0212 e. The van der Waals surface area contributed by atoms with Crippen LogP contribution in [0.15, 0.2) is 0 Å². The summed E-state index contributed by atoms with van der Waals surface area (Å²) in [7, 11) is 2.16. The van der Waals surface area contributed by atoms with Gasteiger partial charge in [-0.3, -0.25) is 0 Å². The van der Waals surface area contributed by atoms with Crippen molar-refractivity contribution in [2.75, 3.05) is 7.05 Å². The molecule has 0 saturated heterocycles. The van der Waals surface area contributed by atoms with E-state index in [4.69, 9.17) is 0 Å². The number of fused-ring (bicyclic) bond motifs is 2. The normalized spacial score (nSPS) is 47.4. The van der Waals surface area contributed by atoms with Crippen molar-refractivity contribution >= 4 is 0 Å². The van der Waals surface area contributed by atoms with Crippen LogP contribution < -0.4 is 5.32 Å². The third-order valence-electron chi connectivity index (χ3n) is 5.79. The zero-order chi connectivity index (χ0) is 11.3. The third kappa shape index (κ3) is 1.39. The molecular formula is C14H27N. The van der Waals surface area contributed by atoms with Crippen LogP contribution in [0, 0.1) is 23.2 Å². The zero-order valence-corrected chi connectivity index (χ0v) is 11.1. The van der Waals surface area contributed by atoms with Gasteiger partial charge in [0.15, 0.2) is 0 Å². The van der Waals surface area contributed by atoms with Crippen LogP contribution in [0.4, 0.5) is 0 Å². The fourth-order valence-electron chi connectivity index (χ4n) is 4.45. The Balaban J connectivity index is 2.20. The van der Waals surface area contributed by atoms with E-state index in [9.17, 15) is 0 Å². The van der Waals surface area contributed by atoms with Crippen LogP contribution in [0.1, 0.15) is 53.4 Å². The average molecular weight is 209 g/mol. The molecule has 0 spiro atoms. The molecule has 0 heterocycles. The lowest BCUT2D eigenvalue weighted by atomic mass is 9.40. The van der Waals surface area contributed by atoms with Crippen molar-refractivity contribution in [3.8, 4) is 0 Å². The molecule has 2 bridgehead atoms. The van der Waals surface area contributed by atoms with Gasteiger partial charge in [0.1, 0.15) is 0 Å². The molecule has 4 atom stereocenters. The van der Waals surface area contributed by atoms with Crippen LogP contribution in [0.2, 0.25) is 0 Å². The SMILES string of the molecule is CCC[C@H]1C[C@H]2C[C@H](C2(C)C)[C@@]1(C)NC. The molecule has 3 aliphatic carbocycles. The van der Waals surface area contributed by atoms with E-state index >= 15 is 0 Å². The number of rotatable bonds is 3. The maximum atomic E-state index is 3.66. The van der Waals surface area contributed by atoms with E-state index in [1.807, 2.05) is 0 Å². The standard InChI is InChI=1S/C14H27N/c1-6-7-10-8-11-9-12(13(11,2)3)14(10,4)15-5/h10-12,15H,6-9H2,1-5H3/t10-,11-,12+,14-/m0/s1. The first kappa shape index (κ1) is 11.4. The Bertz CT molecular complexity index is 246. The molecule has 1 N–H and O–H groups in total. The summed E-state index contributed by atoms with van der Waals surface area (Å²) in [5, 5.41) is 3.66. The molecule has 1 nitrogen and oxygen atoms in total. The van der Waals surface area contributed by atoms with E-state index in [2.05, 4.69) is 40.1 Å². The third-order valence-corrected chi connectivity index (χ3v) is 5.79. The molecule has 0 unspecified atom stereocenters. The van der Waals surface area contributed by atoms with Crippen molar-refractivity contribution in [1.82, 2.24) is 5.32 Å². The second-order valence-electron chi connectivity index (χ2n) is 6.56. The van der Waals surface area contributed by atoms with E-state index in [1.165, 1.54) is 25.7 Å². The minimum absolute atomic E-state index is 0.397. The van der Waals surface area contributed by atoms with Gasteiger partial charge in [-0.1, -0.05) is 27.2 Å². The van der Waals surface area contributed by atoms with Crippen LogP contribution in [0.25, 0.3) is 0 Å². The van der Waals surface area contributed by atoms with E-state index in [0.717, 1.165) is 17.8 Å². The molecule has 3 fully saturated rings. The minimum atomic E-state index is 0.397. The summed E-state index contributed by atoms with van der Waals surface area (Å²) >= 11 is 0. The van der Waals surface area contributed by atoms with Crippen LogP contribution in [-0.4, -0.2) is 12.6 Å². The van der Waals surface area contributed by atoms with Gasteiger partial charge in [-0.15, -0.1) is 0 Å². The van der Waals surface area contributed by atoms with E-state index < -0.39 is 0 Å². The maximum absolute atomic E-state index is 3.66. The minimum Gasteiger partial charge on any atom is -0.314 e. The maximum Gasteiger partial charge on any atom is 0.0212 e. The highest BCUT2D eigenvalue weighted by Gasteiger charge is 2.62. The summed E-state index contributed by atoms with van der Waals surface area (Å²) in [5.74, 6) is 2.80. The summed E-state index contributed by atoms with van der Waals surface area (Å²) in [4.78, 5) is 0. The summed E-state index contributed by atoms with van der Waals surface area (Å²) in [6, 6.07) is 0. The van der Waals surface area contributed by atoms with Gasteiger partial charge in [0.25, 0.3) is 0 Å². The molecule has 88 valence electrons. The molecule has 15 heavy (non-hydrogen) atoms. The molecule has 3 aliphatic rings. The van der Waals surface area contributed by atoms with Gasteiger partial charge in [0.2, 0.25) is 0 Å². The Kier molecular flexibility index (Phi) is 2.65. The fourth-order valence-corrected chi connectivity index (χ4v) is 4.45. The lowest BCUT2D eigenvalue weighted by molar-refractivity contribution is -0.153. The first-order valence-electron chi connectivity index (χ1n) is 6.65. The van der Waals surface area contributed by atoms with Crippen LogP contribution >= 0.6 is 0 Å². The summed E-state index contributed by atoms with van der Waals surface area (Å²) in [6.45, 7) is 9.74. The van der Waals surface area contributed by atoms with Crippen molar-refractivity contribution in [3.63, 3.8) is 0 Å². The molecule has 0 aromatic heterocycles. The predicted octanol–water partition coefficient (Wildman–Crippen LogP) is 3.45. The van der Waals surface area contributed by atoms with Crippen LogP contribution in [-0.2, 0) is 0 Å². The summed E-state index contributed by atoms with van der Waals surface area (Å²) < 4.78 is 0. The second kappa shape index (κ2) is 3.48. The lowest BCUT2D eigenvalue weighted by Crippen LogP contribution is -2.68. The predicted molar refractivity (Wildman–Crippen MR) is 65.9 cm³/mol. The van der Waals surface area contributed by atoms with Crippen molar-refractivity contribution in [3.05, 3.63) is 0 Å². The number of hydrogen-bond donors (Lipinski definition) is 1. The Morgan fingerprint density at radius 1 is 1.20 bits per heavy atom. The first-order chi connectivity index (χ1) is 6.96. The number of hydrogen-bond acceptors (Lipinski definition) is 1. The quantitative estimate of drug-likeness (QED) is 0.750. The van der Waals surface area contributed by atoms with Gasteiger partial charge in [-0.2, -0.15) is 0 Å². The molecule has 1 heteroatoms. The molecule has 0 aromatic carbocycles. The summed E-state index contributed by atoms with van der Waals surface area (Å²) in [5.41, 5.74) is 0.982. The van der Waals surface area contributed by atoms with Crippen molar-refractivity contribution in [2.24, 2.45) is 23.2 Å². The monoisotopic (exact) mass is 209 g/mol. The molecule has 0 radical (unpaired) electrons. The largest absolute Gasteiger partial charge is 0.314 e. The Hall–Kier alpha value is -0.0400. The molecule has 3 rings (SSSR count). The van der Waals surface area contributed by atoms with Crippen molar-refractivity contribution in [1.29, 1.82) is 0 Å². The van der Waals surface area contributed by atoms with E-state index in [-0.39, 0.29) is 0 Å². The average Bonchev–Trinajstić information content (AvgIpc) is 2.20. The Labute approximate surface area is 95.0 Å². The van der Waals surface area contributed by atoms with Gasteiger partial charge in [-0.05, 0) is 56.4 Å². The van der Waals surface area contributed by atoms with Gasteiger partial charge in [-0.25, -0.2) is 0 Å². The molecule has 3 saturated carbocycles. The topological polar surface area (TPSA) is 12.0 Å². The molecule has 0 aliphatic heterocycles. The fraction of sp³-hybridized carbons (Fsp3) is 1.00. The highest BCUT2D eigenvalue weighted by Crippen LogP contribution is 2.64.